The lowest BCUT2D eigenvalue weighted by Gasteiger charge is -2.25. The number of esters is 1. The molecule has 1 N–H and O–H groups in total. The normalized spacial score (nSPS) is 17.7. The molecule has 1 aliphatic rings. The molecule has 80 valence electrons. The Balaban J connectivity index is 2.08. The van der Waals surface area contributed by atoms with E-state index in [0.29, 0.717) is 5.57 Å². The Bertz CT molecular complexity index is 219. The molecule has 0 aromatic rings. The van der Waals surface area contributed by atoms with Gasteiger partial charge in [-0.1, -0.05) is 12.5 Å². The van der Waals surface area contributed by atoms with Crippen LogP contribution in [0.3, 0.4) is 0 Å². The SMILES string of the molecule is COC(=O)C(C)=CCNCC1CCC1. The smallest absolute Gasteiger partial charge is 0.333 e. The van der Waals surface area contributed by atoms with Crippen LogP contribution in [-0.4, -0.2) is 26.2 Å². The minimum atomic E-state index is -0.240. The number of carbonyl (C=O) groups excluding carboxylic acids is 1. The van der Waals surface area contributed by atoms with E-state index in [0.717, 1.165) is 19.0 Å². The number of ether oxygens (including phenoxy) is 1. The molecule has 3 nitrogen and oxygen atoms in total. The van der Waals surface area contributed by atoms with E-state index in [9.17, 15) is 4.79 Å². The van der Waals surface area contributed by atoms with Crippen molar-refractivity contribution in [3.63, 3.8) is 0 Å². The first-order valence-electron chi connectivity index (χ1n) is 5.20. The molecular weight excluding hydrogens is 178 g/mol. The molecule has 0 aromatic carbocycles. The fourth-order valence-corrected chi connectivity index (χ4v) is 1.45. The summed E-state index contributed by atoms with van der Waals surface area (Å²) in [6, 6.07) is 0. The third-order valence-electron chi connectivity index (χ3n) is 2.72. The van der Waals surface area contributed by atoms with E-state index in [2.05, 4.69) is 10.1 Å². The summed E-state index contributed by atoms with van der Waals surface area (Å²) in [6.07, 6.45) is 5.97. The maximum absolute atomic E-state index is 11.0. The summed E-state index contributed by atoms with van der Waals surface area (Å²) >= 11 is 0. The first-order chi connectivity index (χ1) is 6.74. The summed E-state index contributed by atoms with van der Waals surface area (Å²) in [6.45, 7) is 3.61. The van der Waals surface area contributed by atoms with Crippen molar-refractivity contribution in [2.24, 2.45) is 5.92 Å². The monoisotopic (exact) mass is 197 g/mol. The lowest BCUT2D eigenvalue weighted by Crippen LogP contribution is -2.27. The standard InChI is InChI=1S/C11H19NO2/c1-9(11(13)14-2)6-7-12-8-10-4-3-5-10/h6,10,12H,3-5,7-8H2,1-2H3. The van der Waals surface area contributed by atoms with E-state index >= 15 is 0 Å². The first-order valence-corrected chi connectivity index (χ1v) is 5.20. The minimum absolute atomic E-state index is 0.240. The zero-order valence-corrected chi connectivity index (χ0v) is 9.01. The maximum Gasteiger partial charge on any atom is 0.333 e. The fourth-order valence-electron chi connectivity index (χ4n) is 1.45. The topological polar surface area (TPSA) is 38.3 Å². The van der Waals surface area contributed by atoms with Gasteiger partial charge in [0.25, 0.3) is 0 Å². The van der Waals surface area contributed by atoms with E-state index < -0.39 is 0 Å². The zero-order chi connectivity index (χ0) is 10.4. The number of rotatable bonds is 5. The average molecular weight is 197 g/mol. The molecule has 1 saturated carbocycles. The van der Waals surface area contributed by atoms with Gasteiger partial charge in [-0.25, -0.2) is 4.79 Å². The number of hydrogen-bond acceptors (Lipinski definition) is 3. The third-order valence-corrected chi connectivity index (χ3v) is 2.72. The second-order valence-corrected chi connectivity index (χ2v) is 3.83. The Kier molecular flexibility index (Phi) is 4.66. The van der Waals surface area contributed by atoms with Crippen molar-refractivity contribution in [1.29, 1.82) is 0 Å². The summed E-state index contributed by atoms with van der Waals surface area (Å²) in [5, 5.41) is 3.31. The Labute approximate surface area is 85.5 Å². The van der Waals surface area contributed by atoms with Gasteiger partial charge in [-0.05, 0) is 32.2 Å². The van der Waals surface area contributed by atoms with Crippen LogP contribution in [0.2, 0.25) is 0 Å². The van der Waals surface area contributed by atoms with Gasteiger partial charge >= 0.3 is 5.97 Å². The van der Waals surface area contributed by atoms with Crippen LogP contribution in [-0.2, 0) is 9.53 Å². The van der Waals surface area contributed by atoms with Crippen LogP contribution in [0, 0.1) is 5.92 Å². The van der Waals surface area contributed by atoms with E-state index in [1.165, 1.54) is 26.4 Å². The number of nitrogens with one attached hydrogen (secondary N) is 1. The van der Waals surface area contributed by atoms with Crippen LogP contribution in [0.5, 0.6) is 0 Å². The Morgan fingerprint density at radius 2 is 2.29 bits per heavy atom. The molecule has 14 heavy (non-hydrogen) atoms. The predicted octanol–water partition coefficient (Wildman–Crippen LogP) is 1.50. The molecule has 1 rings (SSSR count). The highest BCUT2D eigenvalue weighted by Gasteiger charge is 2.15. The molecule has 0 radical (unpaired) electrons. The average Bonchev–Trinajstić information content (AvgIpc) is 2.13. The van der Waals surface area contributed by atoms with Gasteiger partial charge in [-0.3, -0.25) is 0 Å². The van der Waals surface area contributed by atoms with Crippen LogP contribution in [0.1, 0.15) is 26.2 Å². The van der Waals surface area contributed by atoms with E-state index in [1.807, 2.05) is 6.08 Å². The summed E-state index contributed by atoms with van der Waals surface area (Å²) < 4.78 is 4.59. The van der Waals surface area contributed by atoms with Gasteiger partial charge in [0.05, 0.1) is 7.11 Å². The second-order valence-electron chi connectivity index (χ2n) is 3.83. The van der Waals surface area contributed by atoms with Crippen molar-refractivity contribution in [3.8, 4) is 0 Å². The molecule has 1 aliphatic carbocycles. The van der Waals surface area contributed by atoms with Crippen molar-refractivity contribution in [3.05, 3.63) is 11.6 Å². The van der Waals surface area contributed by atoms with Gasteiger partial charge in [0.15, 0.2) is 0 Å². The summed E-state index contributed by atoms with van der Waals surface area (Å²) in [7, 11) is 1.40. The summed E-state index contributed by atoms with van der Waals surface area (Å²) in [4.78, 5) is 11.0. The third kappa shape index (κ3) is 3.50. The van der Waals surface area contributed by atoms with Crippen LogP contribution in [0.25, 0.3) is 0 Å². The van der Waals surface area contributed by atoms with Crippen LogP contribution in [0.4, 0.5) is 0 Å². The van der Waals surface area contributed by atoms with E-state index in [1.54, 1.807) is 6.92 Å². The number of methoxy groups -OCH3 is 1. The van der Waals surface area contributed by atoms with Crippen molar-refractivity contribution < 1.29 is 9.53 Å². The van der Waals surface area contributed by atoms with E-state index in [4.69, 9.17) is 0 Å². The Hall–Kier alpha value is -0.830. The summed E-state index contributed by atoms with van der Waals surface area (Å²) in [5.41, 5.74) is 0.675. The van der Waals surface area contributed by atoms with Gasteiger partial charge in [-0.2, -0.15) is 0 Å². The summed E-state index contributed by atoms with van der Waals surface area (Å²) in [5.74, 6) is 0.622. The first kappa shape index (κ1) is 11.2. The minimum Gasteiger partial charge on any atom is -0.466 e. The molecule has 0 atom stereocenters. The second kappa shape index (κ2) is 5.81. The largest absolute Gasteiger partial charge is 0.466 e. The molecule has 3 heteroatoms. The molecule has 0 bridgehead atoms. The van der Waals surface area contributed by atoms with Crippen molar-refractivity contribution in [2.45, 2.75) is 26.2 Å². The molecule has 0 spiro atoms. The zero-order valence-electron chi connectivity index (χ0n) is 9.01. The highest BCUT2D eigenvalue weighted by Crippen LogP contribution is 2.24. The molecule has 0 unspecified atom stereocenters. The van der Waals surface area contributed by atoms with E-state index in [-0.39, 0.29) is 5.97 Å². The molecule has 0 amide bonds. The number of carbonyl (C=O) groups is 1. The molecular formula is C11H19NO2. The number of hydrogen-bond donors (Lipinski definition) is 1. The highest BCUT2D eigenvalue weighted by molar-refractivity contribution is 5.87. The van der Waals surface area contributed by atoms with Crippen molar-refractivity contribution in [2.75, 3.05) is 20.2 Å². The fraction of sp³-hybridized carbons (Fsp3) is 0.727. The van der Waals surface area contributed by atoms with Crippen LogP contribution >= 0.6 is 0 Å². The van der Waals surface area contributed by atoms with Gasteiger partial charge < -0.3 is 10.1 Å². The highest BCUT2D eigenvalue weighted by atomic mass is 16.5. The molecule has 0 heterocycles. The van der Waals surface area contributed by atoms with Gasteiger partial charge in [0.1, 0.15) is 0 Å². The molecule has 0 aliphatic heterocycles. The molecule has 0 saturated heterocycles. The maximum atomic E-state index is 11.0. The van der Waals surface area contributed by atoms with Gasteiger partial charge in [0, 0.05) is 12.1 Å². The van der Waals surface area contributed by atoms with Gasteiger partial charge in [0.2, 0.25) is 0 Å². The molecule has 1 fully saturated rings. The Morgan fingerprint density at radius 1 is 1.57 bits per heavy atom. The van der Waals surface area contributed by atoms with Gasteiger partial charge in [-0.15, -0.1) is 0 Å². The van der Waals surface area contributed by atoms with Crippen molar-refractivity contribution in [1.82, 2.24) is 5.32 Å². The lowest BCUT2D eigenvalue weighted by molar-refractivity contribution is -0.136. The van der Waals surface area contributed by atoms with Crippen LogP contribution in [0.15, 0.2) is 11.6 Å². The lowest BCUT2D eigenvalue weighted by atomic mass is 9.85. The Morgan fingerprint density at radius 3 is 2.79 bits per heavy atom. The predicted molar refractivity (Wildman–Crippen MR) is 56.0 cm³/mol. The van der Waals surface area contributed by atoms with Crippen molar-refractivity contribution >= 4 is 5.97 Å². The van der Waals surface area contributed by atoms with Crippen LogP contribution < -0.4 is 5.32 Å². The quantitative estimate of drug-likeness (QED) is 0.412. The molecule has 0 aromatic heterocycles.